The molecule has 24 heavy (non-hydrogen) atoms. The van der Waals surface area contributed by atoms with Gasteiger partial charge < -0.3 is 10.1 Å². The molecule has 0 rings (SSSR count). The third-order valence-electron chi connectivity index (χ3n) is 4.25. The maximum absolute atomic E-state index is 13.2. The van der Waals surface area contributed by atoms with Crippen molar-refractivity contribution in [2.75, 3.05) is 7.11 Å². The predicted molar refractivity (Wildman–Crippen MR) is 95.5 cm³/mol. The summed E-state index contributed by atoms with van der Waals surface area (Å²) in [4.78, 5) is 36.5. The zero-order chi connectivity index (χ0) is 19.6. The number of esters is 1. The van der Waals surface area contributed by atoms with Gasteiger partial charge in [0.05, 0.1) is 12.5 Å². The average molecular weight is 341 g/mol. The smallest absolute Gasteiger partial charge is 0.311 e. The number of nitrogens with one attached hydrogen (secondary N) is 1. The number of methoxy groups -OCH3 is 1. The number of hydrogen-bond acceptors (Lipinski definition) is 4. The molecule has 1 N–H and O–H groups in total. The normalized spacial score (nSPS) is 13.4. The molecule has 0 radical (unpaired) electrons. The monoisotopic (exact) mass is 341 g/mol. The van der Waals surface area contributed by atoms with Gasteiger partial charge >= 0.3 is 5.97 Å². The average Bonchev–Trinajstić information content (AvgIpc) is 2.32. The Balaban J connectivity index is 5.34. The van der Waals surface area contributed by atoms with E-state index in [1.165, 1.54) is 14.0 Å². The van der Waals surface area contributed by atoms with Crippen molar-refractivity contribution in [3.8, 4) is 0 Å². The molecule has 0 heterocycles. The largest absolute Gasteiger partial charge is 0.469 e. The van der Waals surface area contributed by atoms with Crippen LogP contribution in [0.25, 0.3) is 0 Å². The number of Topliss-reactive ketones (excluding diaryl/α,β-unsaturated/α-hetero) is 1. The Morgan fingerprint density at radius 3 is 1.58 bits per heavy atom. The van der Waals surface area contributed by atoms with Gasteiger partial charge in [0.1, 0.15) is 5.78 Å². The quantitative estimate of drug-likeness (QED) is 0.686. The zero-order valence-electron chi connectivity index (χ0n) is 17.0. The van der Waals surface area contributed by atoms with E-state index in [0.717, 1.165) is 0 Å². The molecule has 0 aliphatic heterocycles. The Kier molecular flexibility index (Phi) is 6.82. The molecule has 0 aromatic heterocycles. The van der Waals surface area contributed by atoms with Crippen LogP contribution >= 0.6 is 0 Å². The molecule has 1 amide bonds. The van der Waals surface area contributed by atoms with Gasteiger partial charge in [-0.15, -0.1) is 0 Å². The van der Waals surface area contributed by atoms with Crippen LogP contribution in [0.15, 0.2) is 0 Å². The minimum atomic E-state index is -0.739. The molecule has 0 aromatic rings. The number of carbonyl (C=O) groups is 3. The van der Waals surface area contributed by atoms with Gasteiger partial charge in [0.15, 0.2) is 0 Å². The fraction of sp³-hybridized carbons (Fsp3) is 0.842. The minimum absolute atomic E-state index is 0.0744. The van der Waals surface area contributed by atoms with Crippen LogP contribution in [0.4, 0.5) is 0 Å². The van der Waals surface area contributed by atoms with Gasteiger partial charge in [-0.1, -0.05) is 27.7 Å². The lowest BCUT2D eigenvalue weighted by Gasteiger charge is -2.41. The Labute approximate surface area is 146 Å². The summed E-state index contributed by atoms with van der Waals surface area (Å²) < 4.78 is 4.85. The second-order valence-corrected chi connectivity index (χ2v) is 9.39. The van der Waals surface area contributed by atoms with Crippen LogP contribution < -0.4 is 5.32 Å². The van der Waals surface area contributed by atoms with Crippen LogP contribution in [-0.4, -0.2) is 30.3 Å². The molecule has 0 aromatic carbocycles. The van der Waals surface area contributed by atoms with Crippen LogP contribution in [-0.2, 0) is 19.1 Å². The highest BCUT2D eigenvalue weighted by atomic mass is 16.5. The van der Waals surface area contributed by atoms with E-state index in [1.54, 1.807) is 13.8 Å². The molecule has 0 unspecified atom stereocenters. The highest BCUT2D eigenvalue weighted by molar-refractivity contribution is 5.90. The van der Waals surface area contributed by atoms with Crippen molar-refractivity contribution in [2.24, 2.45) is 16.2 Å². The molecule has 5 heteroatoms. The van der Waals surface area contributed by atoms with E-state index >= 15 is 0 Å². The van der Waals surface area contributed by atoms with Gasteiger partial charge in [0.2, 0.25) is 5.91 Å². The SMILES string of the molecule is COC(=O)C(C)(C)CC(C)(C)C(=O)C(C)(C)CC(C)(C)NC(C)=O. The van der Waals surface area contributed by atoms with E-state index in [0.29, 0.717) is 12.8 Å². The number of carbonyl (C=O) groups excluding carboxylic acids is 3. The third-order valence-corrected chi connectivity index (χ3v) is 4.25. The molecule has 0 saturated carbocycles. The topological polar surface area (TPSA) is 72.5 Å². The van der Waals surface area contributed by atoms with Crippen molar-refractivity contribution >= 4 is 17.7 Å². The third kappa shape index (κ3) is 6.25. The lowest BCUT2D eigenvalue weighted by Crippen LogP contribution is -2.49. The van der Waals surface area contributed by atoms with Crippen LogP contribution in [0.1, 0.15) is 75.2 Å². The minimum Gasteiger partial charge on any atom is -0.469 e. The number of ether oxygens (including phenoxy) is 1. The molecule has 0 saturated heterocycles. The molecule has 0 aliphatic rings. The fourth-order valence-electron chi connectivity index (χ4n) is 4.16. The molecule has 0 aliphatic carbocycles. The predicted octanol–water partition coefficient (Wildman–Crippen LogP) is 3.50. The summed E-state index contributed by atoms with van der Waals surface area (Å²) in [5.41, 5.74) is -2.55. The molecule has 140 valence electrons. The van der Waals surface area contributed by atoms with Gasteiger partial charge in [-0.2, -0.15) is 0 Å². The summed E-state index contributed by atoms with van der Waals surface area (Å²) in [6, 6.07) is 0. The molecule has 0 atom stereocenters. The Morgan fingerprint density at radius 1 is 0.792 bits per heavy atom. The maximum atomic E-state index is 13.2. The van der Waals surface area contributed by atoms with E-state index in [9.17, 15) is 14.4 Å². The number of hydrogen-bond donors (Lipinski definition) is 1. The van der Waals surface area contributed by atoms with Crippen LogP contribution in [0, 0.1) is 16.2 Å². The van der Waals surface area contributed by atoms with Crippen molar-refractivity contribution in [1.82, 2.24) is 5.32 Å². The summed E-state index contributed by atoms with van der Waals surface area (Å²) in [6.07, 6.45) is 0.913. The molecule has 0 spiro atoms. The highest BCUT2D eigenvalue weighted by Gasteiger charge is 2.46. The van der Waals surface area contributed by atoms with Gasteiger partial charge in [-0.25, -0.2) is 0 Å². The first-order chi connectivity index (χ1) is 10.5. The molecular weight excluding hydrogens is 306 g/mol. The van der Waals surface area contributed by atoms with Gasteiger partial charge in [-0.3, -0.25) is 14.4 Å². The van der Waals surface area contributed by atoms with Gasteiger partial charge in [0, 0.05) is 23.3 Å². The van der Waals surface area contributed by atoms with Crippen LogP contribution in [0.5, 0.6) is 0 Å². The van der Waals surface area contributed by atoms with Crippen molar-refractivity contribution in [1.29, 1.82) is 0 Å². The van der Waals surface area contributed by atoms with Crippen molar-refractivity contribution in [3.05, 3.63) is 0 Å². The van der Waals surface area contributed by atoms with Crippen molar-refractivity contribution in [2.45, 2.75) is 80.7 Å². The first kappa shape index (κ1) is 22.6. The van der Waals surface area contributed by atoms with Gasteiger partial charge in [0.25, 0.3) is 0 Å². The van der Waals surface area contributed by atoms with Gasteiger partial charge in [-0.05, 0) is 40.5 Å². The van der Waals surface area contributed by atoms with E-state index < -0.39 is 21.8 Å². The Morgan fingerprint density at radius 2 is 1.21 bits per heavy atom. The fourth-order valence-corrected chi connectivity index (χ4v) is 4.16. The first-order valence-corrected chi connectivity index (χ1v) is 8.39. The Hall–Kier alpha value is -1.39. The molecule has 0 bridgehead atoms. The van der Waals surface area contributed by atoms with E-state index in [1.807, 2.05) is 41.5 Å². The molecule has 5 nitrogen and oxygen atoms in total. The van der Waals surface area contributed by atoms with Crippen LogP contribution in [0.2, 0.25) is 0 Å². The number of ketones is 1. The first-order valence-electron chi connectivity index (χ1n) is 8.39. The lowest BCUT2D eigenvalue weighted by molar-refractivity contribution is -0.154. The summed E-state index contributed by atoms with van der Waals surface area (Å²) >= 11 is 0. The van der Waals surface area contributed by atoms with Crippen molar-refractivity contribution in [3.63, 3.8) is 0 Å². The van der Waals surface area contributed by atoms with E-state index in [4.69, 9.17) is 4.74 Å². The summed E-state index contributed by atoms with van der Waals surface area (Å²) in [7, 11) is 1.36. The Bertz CT molecular complexity index is 501. The summed E-state index contributed by atoms with van der Waals surface area (Å²) in [5.74, 6) is -0.362. The highest BCUT2D eigenvalue weighted by Crippen LogP contribution is 2.42. The number of amides is 1. The zero-order valence-corrected chi connectivity index (χ0v) is 17.0. The summed E-state index contributed by atoms with van der Waals surface area (Å²) in [6.45, 7) is 16.4. The second-order valence-electron chi connectivity index (χ2n) is 9.39. The second kappa shape index (κ2) is 7.24. The van der Waals surface area contributed by atoms with Crippen LogP contribution in [0.3, 0.4) is 0 Å². The number of rotatable bonds is 8. The molecular formula is C19H35NO4. The van der Waals surface area contributed by atoms with E-state index in [2.05, 4.69) is 5.32 Å². The maximum Gasteiger partial charge on any atom is 0.311 e. The standard InChI is InChI=1S/C19H35NO4/c1-13(21)20-19(8,9)12-17(4,5)14(22)16(2,3)11-18(6,7)15(23)24-10/h11-12H2,1-10H3,(H,20,21). The lowest BCUT2D eigenvalue weighted by atomic mass is 9.64. The van der Waals surface area contributed by atoms with E-state index in [-0.39, 0.29) is 17.7 Å². The summed E-state index contributed by atoms with van der Waals surface area (Å²) in [5, 5.41) is 2.89. The molecule has 0 fully saturated rings. The van der Waals surface area contributed by atoms with Crippen molar-refractivity contribution < 1.29 is 19.1 Å².